The lowest BCUT2D eigenvalue weighted by Gasteiger charge is -2.36. The molecule has 0 saturated carbocycles. The Bertz CT molecular complexity index is 1680. The number of hydrogen-bond acceptors (Lipinski definition) is 9. The Balaban J connectivity index is 1.16. The Morgan fingerprint density at radius 2 is 1.80 bits per heavy atom. The number of carbonyl (C=O) groups is 1. The fraction of sp³-hybridized carbons (Fsp3) is 0.242. The first-order valence-corrected chi connectivity index (χ1v) is 15.3. The molecular formula is C33H32N6O4S. The van der Waals surface area contributed by atoms with Crippen molar-refractivity contribution >= 4 is 17.7 Å². The zero-order valence-corrected chi connectivity index (χ0v) is 24.9. The summed E-state index contributed by atoms with van der Waals surface area (Å²) in [6.07, 6.45) is 3.04. The number of aliphatic hydroxyl groups excluding tert-OH is 1. The first kappa shape index (κ1) is 29.6. The molecule has 0 spiro atoms. The SMILES string of the molecule is Cn1nnnc1SC[C@H]1C[C@@H](c2ccc(CO)cc2)O[C@@H](c2ccc(-c3cccc(CNC(=O)c4cccnc4)c3)cc2)O1. The van der Waals surface area contributed by atoms with E-state index in [-0.39, 0.29) is 24.7 Å². The highest BCUT2D eigenvalue weighted by Gasteiger charge is 2.32. The molecule has 3 heterocycles. The monoisotopic (exact) mass is 608 g/mol. The van der Waals surface area contributed by atoms with E-state index < -0.39 is 6.29 Å². The maximum absolute atomic E-state index is 12.4. The maximum atomic E-state index is 12.4. The number of carbonyl (C=O) groups excluding carboxylic acids is 1. The van der Waals surface area contributed by atoms with Crippen LogP contribution in [0.15, 0.2) is 102 Å². The van der Waals surface area contributed by atoms with Crippen molar-refractivity contribution in [2.75, 3.05) is 5.75 Å². The second kappa shape index (κ2) is 13.9. The second-order valence-electron chi connectivity index (χ2n) is 10.5. The standard InChI is InChI=1S/C33H32N6O4S/c1-39-33(36-37-38-39)44-21-29-17-30(25-9-7-22(20-40)8-10-25)43-32(42-29)26-13-11-24(12-14-26)27-5-2-4-23(16-27)18-35-31(41)28-6-3-15-34-19-28/h2-16,19,29-30,32,40H,17-18,20-21H2,1H3,(H,35,41)/t29-,30+,32+/m1/s1. The van der Waals surface area contributed by atoms with Crippen LogP contribution in [0.4, 0.5) is 0 Å². The number of pyridine rings is 1. The average Bonchev–Trinajstić information content (AvgIpc) is 3.51. The third-order valence-corrected chi connectivity index (χ3v) is 8.56. The quantitative estimate of drug-likeness (QED) is 0.210. The Morgan fingerprint density at radius 1 is 0.977 bits per heavy atom. The van der Waals surface area contributed by atoms with Crippen molar-refractivity contribution in [2.45, 2.75) is 43.2 Å². The number of rotatable bonds is 10. The summed E-state index contributed by atoms with van der Waals surface area (Å²) >= 11 is 1.55. The number of nitrogens with zero attached hydrogens (tertiary/aromatic N) is 5. The van der Waals surface area contributed by atoms with Crippen LogP contribution in [0.3, 0.4) is 0 Å². The molecule has 1 fully saturated rings. The summed E-state index contributed by atoms with van der Waals surface area (Å²) in [5.74, 6) is 0.509. The molecule has 0 aliphatic carbocycles. The number of tetrazole rings is 1. The van der Waals surface area contributed by atoms with Gasteiger partial charge >= 0.3 is 0 Å². The number of amides is 1. The van der Waals surface area contributed by atoms with Gasteiger partial charge in [0.1, 0.15) is 0 Å². The fourth-order valence-corrected chi connectivity index (χ4v) is 5.88. The highest BCUT2D eigenvalue weighted by molar-refractivity contribution is 7.99. The molecule has 5 aromatic rings. The van der Waals surface area contributed by atoms with E-state index in [1.165, 1.54) is 0 Å². The van der Waals surface area contributed by atoms with Crippen LogP contribution >= 0.6 is 11.8 Å². The topological polar surface area (TPSA) is 124 Å². The van der Waals surface area contributed by atoms with Crippen molar-refractivity contribution in [2.24, 2.45) is 7.05 Å². The lowest BCUT2D eigenvalue weighted by atomic mass is 9.99. The highest BCUT2D eigenvalue weighted by Crippen LogP contribution is 2.39. The van der Waals surface area contributed by atoms with Crippen molar-refractivity contribution in [3.05, 3.63) is 125 Å². The third-order valence-electron chi connectivity index (χ3n) is 7.41. The van der Waals surface area contributed by atoms with E-state index in [1.807, 2.05) is 55.6 Å². The Labute approximate surface area is 259 Å². The number of hydrogen-bond donors (Lipinski definition) is 2. The van der Waals surface area contributed by atoms with Gasteiger partial charge in [-0.3, -0.25) is 9.78 Å². The molecule has 11 heteroatoms. The lowest BCUT2D eigenvalue weighted by Crippen LogP contribution is -2.31. The summed E-state index contributed by atoms with van der Waals surface area (Å²) in [5, 5.41) is 24.9. The fourth-order valence-electron chi connectivity index (χ4n) is 5.01. The number of benzene rings is 3. The zero-order valence-electron chi connectivity index (χ0n) is 24.1. The van der Waals surface area contributed by atoms with Crippen LogP contribution < -0.4 is 5.32 Å². The smallest absolute Gasteiger partial charge is 0.253 e. The van der Waals surface area contributed by atoms with Gasteiger partial charge in [-0.2, -0.15) is 0 Å². The van der Waals surface area contributed by atoms with Gasteiger partial charge in [0.05, 0.1) is 24.4 Å². The molecule has 0 unspecified atom stereocenters. The van der Waals surface area contributed by atoms with Gasteiger partial charge in [0, 0.05) is 43.7 Å². The van der Waals surface area contributed by atoms with Gasteiger partial charge in [0.15, 0.2) is 6.29 Å². The van der Waals surface area contributed by atoms with Crippen LogP contribution in [0.2, 0.25) is 0 Å². The second-order valence-corrected chi connectivity index (χ2v) is 11.5. The maximum Gasteiger partial charge on any atom is 0.253 e. The minimum absolute atomic E-state index is 0.00215. The van der Waals surface area contributed by atoms with E-state index in [1.54, 1.807) is 41.0 Å². The van der Waals surface area contributed by atoms with Crippen molar-refractivity contribution in [1.29, 1.82) is 0 Å². The van der Waals surface area contributed by atoms with E-state index in [9.17, 15) is 9.90 Å². The minimum Gasteiger partial charge on any atom is -0.392 e. The van der Waals surface area contributed by atoms with Gasteiger partial charge in [-0.05, 0) is 56.4 Å². The van der Waals surface area contributed by atoms with E-state index in [0.29, 0.717) is 24.3 Å². The molecule has 1 amide bonds. The van der Waals surface area contributed by atoms with Gasteiger partial charge in [-0.25, -0.2) is 4.68 Å². The molecule has 0 bridgehead atoms. The number of aliphatic hydroxyl groups is 1. The van der Waals surface area contributed by atoms with Crippen molar-refractivity contribution in [3.8, 4) is 11.1 Å². The van der Waals surface area contributed by atoms with Gasteiger partial charge in [0.2, 0.25) is 5.16 Å². The number of nitrogens with one attached hydrogen (secondary N) is 1. The summed E-state index contributed by atoms with van der Waals surface area (Å²) in [5.41, 5.74) is 6.43. The number of ether oxygens (including phenoxy) is 2. The summed E-state index contributed by atoms with van der Waals surface area (Å²) in [7, 11) is 1.82. The van der Waals surface area contributed by atoms with Crippen LogP contribution in [0.25, 0.3) is 11.1 Å². The predicted molar refractivity (Wildman–Crippen MR) is 165 cm³/mol. The highest BCUT2D eigenvalue weighted by atomic mass is 32.2. The van der Waals surface area contributed by atoms with E-state index >= 15 is 0 Å². The molecule has 2 N–H and O–H groups in total. The van der Waals surface area contributed by atoms with E-state index in [0.717, 1.165) is 38.5 Å². The first-order chi connectivity index (χ1) is 21.6. The molecule has 224 valence electrons. The number of aryl methyl sites for hydroxylation is 1. The van der Waals surface area contributed by atoms with Crippen molar-refractivity contribution < 1.29 is 19.4 Å². The Morgan fingerprint density at radius 3 is 2.52 bits per heavy atom. The minimum atomic E-state index is -0.558. The van der Waals surface area contributed by atoms with Gasteiger partial charge in [0.25, 0.3) is 5.91 Å². The van der Waals surface area contributed by atoms with Crippen LogP contribution in [0, 0.1) is 0 Å². The number of thioether (sulfide) groups is 1. The van der Waals surface area contributed by atoms with Crippen molar-refractivity contribution in [1.82, 2.24) is 30.5 Å². The Kier molecular flexibility index (Phi) is 9.37. The third kappa shape index (κ3) is 7.20. The molecule has 3 atom stereocenters. The van der Waals surface area contributed by atoms with Crippen LogP contribution in [0.5, 0.6) is 0 Å². The lowest BCUT2D eigenvalue weighted by molar-refractivity contribution is -0.245. The van der Waals surface area contributed by atoms with Crippen molar-refractivity contribution in [3.63, 3.8) is 0 Å². The molecule has 2 aromatic heterocycles. The largest absolute Gasteiger partial charge is 0.392 e. The molecule has 0 radical (unpaired) electrons. The van der Waals surface area contributed by atoms with Crippen LogP contribution in [-0.2, 0) is 29.7 Å². The number of aromatic nitrogens is 5. The molecule has 6 rings (SSSR count). The predicted octanol–water partition coefficient (Wildman–Crippen LogP) is 5.03. The summed E-state index contributed by atoms with van der Waals surface area (Å²) in [6, 6.07) is 27.6. The molecule has 3 aromatic carbocycles. The van der Waals surface area contributed by atoms with Gasteiger partial charge < -0.3 is 19.9 Å². The molecule has 1 saturated heterocycles. The molecule has 44 heavy (non-hydrogen) atoms. The molecule has 1 aliphatic heterocycles. The normalized spacial score (nSPS) is 18.2. The molecule has 1 aliphatic rings. The molecular weight excluding hydrogens is 576 g/mol. The van der Waals surface area contributed by atoms with Crippen LogP contribution in [-0.4, -0.2) is 48.1 Å². The first-order valence-electron chi connectivity index (χ1n) is 14.3. The molecule has 10 nitrogen and oxygen atoms in total. The summed E-state index contributed by atoms with van der Waals surface area (Å²) in [6.45, 7) is 0.408. The van der Waals surface area contributed by atoms with Crippen LogP contribution in [0.1, 0.15) is 51.4 Å². The summed E-state index contributed by atoms with van der Waals surface area (Å²) < 4.78 is 14.6. The Hall–Kier alpha value is -4.42. The van der Waals surface area contributed by atoms with E-state index in [4.69, 9.17) is 9.47 Å². The average molecular weight is 609 g/mol. The zero-order chi connectivity index (χ0) is 30.3. The van der Waals surface area contributed by atoms with E-state index in [2.05, 4.69) is 50.1 Å². The summed E-state index contributed by atoms with van der Waals surface area (Å²) in [4.78, 5) is 16.5. The van der Waals surface area contributed by atoms with Gasteiger partial charge in [-0.15, -0.1) is 5.10 Å². The van der Waals surface area contributed by atoms with Gasteiger partial charge in [-0.1, -0.05) is 78.5 Å².